The molecule has 0 amide bonds. The molecule has 8 heteroatoms. The van der Waals surface area contributed by atoms with Crippen molar-refractivity contribution in [2.24, 2.45) is 10.2 Å². The molecule has 3 rings (SSSR count). The van der Waals surface area contributed by atoms with Gasteiger partial charge in [-0.3, -0.25) is 14.6 Å². The number of azo groups is 1. The highest BCUT2D eigenvalue weighted by molar-refractivity contribution is 6.30. The van der Waals surface area contributed by atoms with Crippen LogP contribution in [0.5, 0.6) is 0 Å². The average Bonchev–Trinajstić information content (AvgIpc) is 2.82. The molecule has 0 unspecified atom stereocenters. The lowest BCUT2D eigenvalue weighted by molar-refractivity contribution is 0.441. The number of halogens is 1. The van der Waals surface area contributed by atoms with Gasteiger partial charge in [0.05, 0.1) is 5.69 Å². The lowest BCUT2D eigenvalue weighted by atomic mass is 10.2. The van der Waals surface area contributed by atoms with Crippen molar-refractivity contribution in [2.75, 3.05) is 0 Å². The van der Waals surface area contributed by atoms with Crippen molar-refractivity contribution < 1.29 is 4.52 Å². The second kappa shape index (κ2) is 5.02. The summed E-state index contributed by atoms with van der Waals surface area (Å²) in [7, 11) is 0. The maximum Gasteiger partial charge on any atom is 0.289 e. The van der Waals surface area contributed by atoms with Crippen LogP contribution in [0.25, 0.3) is 11.1 Å². The molecule has 0 saturated carbocycles. The van der Waals surface area contributed by atoms with E-state index in [2.05, 4.69) is 20.4 Å². The molecule has 0 aliphatic rings. The minimum absolute atomic E-state index is 0.0596. The monoisotopic (exact) mass is 304 g/mol. The van der Waals surface area contributed by atoms with E-state index in [1.54, 1.807) is 31.2 Å². The van der Waals surface area contributed by atoms with Crippen molar-refractivity contribution in [2.45, 2.75) is 6.92 Å². The SMILES string of the molecule is Cc1c(N=Nc2ccc(Cl)cc2)c(=O)[nH]c2o[nH]c(=O)c12. The smallest absolute Gasteiger partial charge is 0.289 e. The van der Waals surface area contributed by atoms with Crippen molar-refractivity contribution in [1.29, 1.82) is 0 Å². The summed E-state index contributed by atoms with van der Waals surface area (Å²) in [5.74, 6) is 0. The molecule has 2 aromatic heterocycles. The molecule has 0 radical (unpaired) electrons. The molecular formula is C13H9ClN4O3. The number of nitrogens with zero attached hydrogens (tertiary/aromatic N) is 2. The Morgan fingerprint density at radius 3 is 2.52 bits per heavy atom. The highest BCUT2D eigenvalue weighted by Gasteiger charge is 2.14. The number of hydrogen-bond donors (Lipinski definition) is 2. The number of H-pyrrole nitrogens is 2. The zero-order chi connectivity index (χ0) is 15.0. The van der Waals surface area contributed by atoms with Crippen molar-refractivity contribution in [1.82, 2.24) is 10.1 Å². The summed E-state index contributed by atoms with van der Waals surface area (Å²) in [6.07, 6.45) is 0. The molecule has 1 aromatic carbocycles. The minimum Gasteiger partial charge on any atom is -0.360 e. The van der Waals surface area contributed by atoms with Gasteiger partial charge in [-0.25, -0.2) is 0 Å². The van der Waals surface area contributed by atoms with Crippen LogP contribution in [0.2, 0.25) is 5.02 Å². The molecular weight excluding hydrogens is 296 g/mol. The van der Waals surface area contributed by atoms with Crippen molar-refractivity contribution in [3.63, 3.8) is 0 Å². The van der Waals surface area contributed by atoms with Gasteiger partial charge in [0.1, 0.15) is 5.39 Å². The van der Waals surface area contributed by atoms with Crippen LogP contribution in [0, 0.1) is 6.92 Å². The molecule has 106 valence electrons. The van der Waals surface area contributed by atoms with Crippen LogP contribution >= 0.6 is 11.6 Å². The predicted octanol–water partition coefficient (Wildman–Crippen LogP) is 3.19. The van der Waals surface area contributed by atoms with E-state index in [-0.39, 0.29) is 16.8 Å². The molecule has 3 aromatic rings. The molecule has 0 atom stereocenters. The van der Waals surface area contributed by atoms with Gasteiger partial charge < -0.3 is 4.52 Å². The van der Waals surface area contributed by atoms with E-state index in [0.717, 1.165) is 0 Å². The molecule has 0 aliphatic carbocycles. The summed E-state index contributed by atoms with van der Waals surface area (Å²) in [6, 6.07) is 6.66. The van der Waals surface area contributed by atoms with E-state index in [0.29, 0.717) is 16.3 Å². The predicted molar refractivity (Wildman–Crippen MR) is 77.8 cm³/mol. The fourth-order valence-electron chi connectivity index (χ4n) is 1.92. The van der Waals surface area contributed by atoms with E-state index in [1.165, 1.54) is 0 Å². The van der Waals surface area contributed by atoms with Crippen LogP contribution in [0.1, 0.15) is 5.56 Å². The van der Waals surface area contributed by atoms with Gasteiger partial charge in [-0.05, 0) is 31.2 Å². The van der Waals surface area contributed by atoms with Gasteiger partial charge in [-0.15, -0.1) is 5.11 Å². The van der Waals surface area contributed by atoms with Crippen LogP contribution in [-0.4, -0.2) is 10.1 Å². The Morgan fingerprint density at radius 1 is 1.10 bits per heavy atom. The number of pyridine rings is 1. The third-order valence-electron chi connectivity index (χ3n) is 2.96. The first-order valence-electron chi connectivity index (χ1n) is 5.97. The maximum atomic E-state index is 11.9. The van der Waals surface area contributed by atoms with E-state index in [1.807, 2.05) is 0 Å². The van der Waals surface area contributed by atoms with Gasteiger partial charge in [0.2, 0.25) is 5.71 Å². The average molecular weight is 305 g/mol. The molecule has 2 heterocycles. The van der Waals surface area contributed by atoms with Crippen LogP contribution in [0.15, 0.2) is 48.6 Å². The Hall–Kier alpha value is -2.67. The number of fused-ring (bicyclic) bond motifs is 1. The summed E-state index contributed by atoms with van der Waals surface area (Å²) in [5, 5.41) is 10.9. The second-order valence-electron chi connectivity index (χ2n) is 4.34. The number of aromatic amines is 2. The third kappa shape index (κ3) is 2.38. The van der Waals surface area contributed by atoms with Crippen molar-refractivity contribution in [3.05, 3.63) is 55.6 Å². The van der Waals surface area contributed by atoms with Crippen molar-refractivity contribution in [3.8, 4) is 0 Å². The Bertz CT molecular complexity index is 950. The van der Waals surface area contributed by atoms with E-state index in [9.17, 15) is 9.59 Å². The standard InChI is InChI=1S/C13H9ClN4O3/c1-6-9-11(19)18-21-13(9)15-12(20)10(6)17-16-8-4-2-7(14)3-5-8/h2-5H,1H3,(H,15,20)(H,18,19). The molecule has 0 bridgehead atoms. The summed E-state index contributed by atoms with van der Waals surface area (Å²) in [5.41, 5.74) is 0.181. The number of nitrogens with one attached hydrogen (secondary N) is 2. The zero-order valence-electron chi connectivity index (χ0n) is 10.8. The zero-order valence-corrected chi connectivity index (χ0v) is 11.6. The van der Waals surface area contributed by atoms with Gasteiger partial charge >= 0.3 is 0 Å². The lowest BCUT2D eigenvalue weighted by Gasteiger charge is -1.98. The Labute approximate surface area is 122 Å². The van der Waals surface area contributed by atoms with Crippen LogP contribution in [0.4, 0.5) is 11.4 Å². The Morgan fingerprint density at radius 2 is 1.81 bits per heavy atom. The van der Waals surface area contributed by atoms with E-state index < -0.39 is 11.1 Å². The third-order valence-corrected chi connectivity index (χ3v) is 3.22. The van der Waals surface area contributed by atoms with Gasteiger partial charge in [0.25, 0.3) is 11.1 Å². The van der Waals surface area contributed by atoms with Crippen molar-refractivity contribution >= 4 is 34.1 Å². The number of aryl methyl sites for hydroxylation is 1. The van der Waals surface area contributed by atoms with Crippen LogP contribution in [0.3, 0.4) is 0 Å². The number of aromatic nitrogens is 2. The highest BCUT2D eigenvalue weighted by atomic mass is 35.5. The number of hydrogen-bond acceptors (Lipinski definition) is 5. The molecule has 0 fully saturated rings. The normalized spacial score (nSPS) is 11.5. The first-order chi connectivity index (χ1) is 10.1. The lowest BCUT2D eigenvalue weighted by Crippen LogP contribution is -2.09. The molecule has 0 spiro atoms. The maximum absolute atomic E-state index is 11.9. The topological polar surface area (TPSA) is 104 Å². The number of benzene rings is 1. The second-order valence-corrected chi connectivity index (χ2v) is 4.78. The minimum atomic E-state index is -0.486. The Kier molecular flexibility index (Phi) is 3.19. The molecule has 21 heavy (non-hydrogen) atoms. The molecule has 2 N–H and O–H groups in total. The first-order valence-corrected chi connectivity index (χ1v) is 6.35. The summed E-state index contributed by atoms with van der Waals surface area (Å²) >= 11 is 5.77. The van der Waals surface area contributed by atoms with E-state index >= 15 is 0 Å². The number of rotatable bonds is 2. The quantitative estimate of drug-likeness (QED) is 0.710. The van der Waals surface area contributed by atoms with Gasteiger partial charge in [-0.2, -0.15) is 10.3 Å². The van der Waals surface area contributed by atoms with Gasteiger partial charge in [0, 0.05) is 10.6 Å². The molecule has 7 nitrogen and oxygen atoms in total. The fourth-order valence-corrected chi connectivity index (χ4v) is 2.04. The van der Waals surface area contributed by atoms with Crippen LogP contribution < -0.4 is 11.1 Å². The summed E-state index contributed by atoms with van der Waals surface area (Å²) in [6.45, 7) is 1.61. The van der Waals surface area contributed by atoms with Gasteiger partial charge in [-0.1, -0.05) is 11.6 Å². The summed E-state index contributed by atoms with van der Waals surface area (Å²) in [4.78, 5) is 26.0. The summed E-state index contributed by atoms with van der Waals surface area (Å²) < 4.78 is 4.86. The molecule has 0 aliphatic heterocycles. The first kappa shape index (κ1) is 13.3. The fraction of sp³-hybridized carbons (Fsp3) is 0.0769. The Balaban J connectivity index is 2.12. The molecule has 0 saturated heterocycles. The van der Waals surface area contributed by atoms with E-state index in [4.69, 9.17) is 16.1 Å². The van der Waals surface area contributed by atoms with Crippen LogP contribution in [-0.2, 0) is 0 Å². The highest BCUT2D eigenvalue weighted by Crippen LogP contribution is 2.23. The largest absolute Gasteiger partial charge is 0.360 e. The van der Waals surface area contributed by atoms with Gasteiger partial charge in [0.15, 0.2) is 5.69 Å².